The summed E-state index contributed by atoms with van der Waals surface area (Å²) in [7, 11) is 0. The lowest BCUT2D eigenvalue weighted by atomic mass is 10.2. The summed E-state index contributed by atoms with van der Waals surface area (Å²) in [4.78, 5) is 11.9. The summed E-state index contributed by atoms with van der Waals surface area (Å²) >= 11 is 0. The Morgan fingerprint density at radius 1 is 1.47 bits per heavy atom. The quantitative estimate of drug-likeness (QED) is 0.631. The molecular formula is C13H18N2O4. The highest BCUT2D eigenvalue weighted by molar-refractivity contribution is 5.83. The molecule has 1 amide bonds. The number of carbonyl (C=O) groups is 1. The third kappa shape index (κ3) is 3.84. The molecule has 3 N–H and O–H groups in total. The lowest BCUT2D eigenvalue weighted by Gasteiger charge is -2.26. The predicted octanol–water partition coefficient (Wildman–Crippen LogP) is -0.0154. The average molecular weight is 266 g/mol. The Kier molecular flexibility index (Phi) is 5.00. The first-order chi connectivity index (χ1) is 9.31. The summed E-state index contributed by atoms with van der Waals surface area (Å²) in [6.45, 7) is 1.49. The van der Waals surface area contributed by atoms with Gasteiger partial charge in [-0.3, -0.25) is 4.79 Å². The lowest BCUT2D eigenvalue weighted by molar-refractivity contribution is -0.127. The van der Waals surface area contributed by atoms with Crippen LogP contribution in [0, 0.1) is 0 Å². The van der Waals surface area contributed by atoms with Crippen LogP contribution in [0.15, 0.2) is 24.3 Å². The van der Waals surface area contributed by atoms with E-state index in [0.29, 0.717) is 25.4 Å². The molecule has 0 saturated carbocycles. The van der Waals surface area contributed by atoms with Crippen LogP contribution < -0.4 is 15.4 Å². The second kappa shape index (κ2) is 6.96. The standard InChI is InChI=1S/C13H18N2O4/c16-6-8-18-7-5-14-13(17)12-9-15-10-3-1-2-4-11(10)19-12/h1-4,12,15-16H,5-9H2,(H,14,17). The number of rotatable bonds is 6. The highest BCUT2D eigenvalue weighted by Gasteiger charge is 2.25. The van der Waals surface area contributed by atoms with E-state index >= 15 is 0 Å². The van der Waals surface area contributed by atoms with Crippen LogP contribution in [0.3, 0.4) is 0 Å². The SMILES string of the molecule is O=C(NCCOCCO)C1CNc2ccccc2O1. The molecule has 6 nitrogen and oxygen atoms in total. The van der Waals surface area contributed by atoms with Gasteiger partial charge in [0.15, 0.2) is 6.10 Å². The van der Waals surface area contributed by atoms with E-state index < -0.39 is 6.10 Å². The van der Waals surface area contributed by atoms with E-state index in [1.807, 2.05) is 24.3 Å². The molecule has 0 spiro atoms. The zero-order valence-electron chi connectivity index (χ0n) is 10.6. The molecule has 104 valence electrons. The van der Waals surface area contributed by atoms with Crippen molar-refractivity contribution in [2.75, 3.05) is 38.2 Å². The van der Waals surface area contributed by atoms with Crippen molar-refractivity contribution in [1.29, 1.82) is 0 Å². The Labute approximate surface area is 111 Å². The molecule has 19 heavy (non-hydrogen) atoms. The van der Waals surface area contributed by atoms with Crippen LogP contribution in [0.2, 0.25) is 0 Å². The second-order valence-electron chi connectivity index (χ2n) is 4.11. The molecule has 0 bridgehead atoms. The van der Waals surface area contributed by atoms with Gasteiger partial charge < -0.3 is 25.2 Å². The second-order valence-corrected chi connectivity index (χ2v) is 4.11. The summed E-state index contributed by atoms with van der Waals surface area (Å²) in [5.74, 6) is 0.514. The number of hydrogen-bond acceptors (Lipinski definition) is 5. The first kappa shape index (κ1) is 13.6. The van der Waals surface area contributed by atoms with Gasteiger partial charge in [-0.2, -0.15) is 0 Å². The van der Waals surface area contributed by atoms with Gasteiger partial charge in [0.1, 0.15) is 5.75 Å². The van der Waals surface area contributed by atoms with Crippen LogP contribution in [-0.2, 0) is 9.53 Å². The van der Waals surface area contributed by atoms with E-state index in [4.69, 9.17) is 14.6 Å². The fourth-order valence-electron chi connectivity index (χ4n) is 1.79. The number of para-hydroxylation sites is 2. The van der Waals surface area contributed by atoms with Crippen molar-refractivity contribution in [2.24, 2.45) is 0 Å². The molecule has 1 aromatic carbocycles. The van der Waals surface area contributed by atoms with E-state index in [-0.39, 0.29) is 19.1 Å². The Bertz CT molecular complexity index is 425. The number of benzene rings is 1. The maximum absolute atomic E-state index is 11.9. The Balaban J connectivity index is 1.76. The van der Waals surface area contributed by atoms with Gasteiger partial charge in [0.05, 0.1) is 32.1 Å². The third-order valence-corrected chi connectivity index (χ3v) is 2.71. The predicted molar refractivity (Wildman–Crippen MR) is 70.3 cm³/mol. The molecule has 1 atom stereocenters. The Hall–Kier alpha value is -1.79. The fourth-order valence-corrected chi connectivity index (χ4v) is 1.79. The molecule has 1 aliphatic rings. The topological polar surface area (TPSA) is 79.8 Å². The molecule has 2 rings (SSSR count). The van der Waals surface area contributed by atoms with Gasteiger partial charge in [0.25, 0.3) is 5.91 Å². The van der Waals surface area contributed by atoms with Crippen LogP contribution in [-0.4, -0.2) is 50.0 Å². The van der Waals surface area contributed by atoms with E-state index in [2.05, 4.69) is 10.6 Å². The summed E-state index contributed by atoms with van der Waals surface area (Å²) in [5, 5.41) is 14.4. The summed E-state index contributed by atoms with van der Waals surface area (Å²) < 4.78 is 10.7. The van der Waals surface area contributed by atoms with Gasteiger partial charge in [0.2, 0.25) is 0 Å². The minimum atomic E-state index is -0.534. The van der Waals surface area contributed by atoms with Crippen molar-refractivity contribution in [3.05, 3.63) is 24.3 Å². The number of carbonyl (C=O) groups excluding carboxylic acids is 1. The first-order valence-electron chi connectivity index (χ1n) is 6.27. The zero-order chi connectivity index (χ0) is 13.5. The van der Waals surface area contributed by atoms with Crippen molar-refractivity contribution in [1.82, 2.24) is 5.32 Å². The number of hydrogen-bond donors (Lipinski definition) is 3. The maximum atomic E-state index is 11.9. The van der Waals surface area contributed by atoms with E-state index in [1.54, 1.807) is 0 Å². The van der Waals surface area contributed by atoms with Gasteiger partial charge >= 0.3 is 0 Å². The van der Waals surface area contributed by atoms with Crippen LogP contribution in [0.1, 0.15) is 0 Å². The maximum Gasteiger partial charge on any atom is 0.263 e. The lowest BCUT2D eigenvalue weighted by Crippen LogP contribution is -2.45. The normalized spacial score (nSPS) is 17.0. The molecule has 1 aromatic rings. The third-order valence-electron chi connectivity index (χ3n) is 2.71. The monoisotopic (exact) mass is 266 g/mol. The highest BCUT2D eigenvalue weighted by Crippen LogP contribution is 2.27. The molecule has 1 aliphatic heterocycles. The molecular weight excluding hydrogens is 248 g/mol. The summed E-state index contributed by atoms with van der Waals surface area (Å²) in [5.41, 5.74) is 0.901. The number of anilines is 1. The molecule has 0 saturated heterocycles. The fraction of sp³-hybridized carbons (Fsp3) is 0.462. The number of fused-ring (bicyclic) bond motifs is 1. The van der Waals surface area contributed by atoms with Gasteiger partial charge in [-0.25, -0.2) is 0 Å². The molecule has 0 radical (unpaired) electrons. The van der Waals surface area contributed by atoms with E-state index in [9.17, 15) is 4.79 Å². The zero-order valence-corrected chi connectivity index (χ0v) is 10.6. The van der Waals surface area contributed by atoms with Gasteiger partial charge in [0, 0.05) is 6.54 Å². The summed E-state index contributed by atoms with van der Waals surface area (Å²) in [6.07, 6.45) is -0.534. The first-order valence-corrected chi connectivity index (χ1v) is 6.27. The number of nitrogens with one attached hydrogen (secondary N) is 2. The van der Waals surface area contributed by atoms with Gasteiger partial charge in [-0.15, -0.1) is 0 Å². The number of aliphatic hydroxyl groups is 1. The number of aliphatic hydroxyl groups excluding tert-OH is 1. The minimum absolute atomic E-state index is 0.0135. The molecule has 6 heteroatoms. The Morgan fingerprint density at radius 3 is 3.16 bits per heavy atom. The number of amides is 1. The Morgan fingerprint density at radius 2 is 2.32 bits per heavy atom. The van der Waals surface area contributed by atoms with Crippen LogP contribution >= 0.6 is 0 Å². The molecule has 1 heterocycles. The van der Waals surface area contributed by atoms with Crippen molar-refractivity contribution in [3.8, 4) is 5.75 Å². The van der Waals surface area contributed by atoms with Crippen LogP contribution in [0.4, 0.5) is 5.69 Å². The molecule has 1 unspecified atom stereocenters. The summed E-state index contributed by atoms with van der Waals surface area (Å²) in [6, 6.07) is 7.51. The molecule has 0 aliphatic carbocycles. The largest absolute Gasteiger partial charge is 0.477 e. The average Bonchev–Trinajstić information content (AvgIpc) is 2.46. The van der Waals surface area contributed by atoms with Crippen LogP contribution in [0.5, 0.6) is 5.75 Å². The minimum Gasteiger partial charge on any atom is -0.477 e. The number of ether oxygens (including phenoxy) is 2. The molecule has 0 aromatic heterocycles. The van der Waals surface area contributed by atoms with Crippen LogP contribution in [0.25, 0.3) is 0 Å². The van der Waals surface area contributed by atoms with Crippen molar-refractivity contribution < 1.29 is 19.4 Å². The van der Waals surface area contributed by atoms with Gasteiger partial charge in [-0.1, -0.05) is 12.1 Å². The van der Waals surface area contributed by atoms with Crippen molar-refractivity contribution in [3.63, 3.8) is 0 Å². The van der Waals surface area contributed by atoms with E-state index in [1.165, 1.54) is 0 Å². The van der Waals surface area contributed by atoms with Crippen molar-refractivity contribution in [2.45, 2.75) is 6.10 Å². The highest BCUT2D eigenvalue weighted by atomic mass is 16.5. The van der Waals surface area contributed by atoms with Crippen molar-refractivity contribution >= 4 is 11.6 Å². The molecule has 0 fully saturated rings. The van der Waals surface area contributed by atoms with Gasteiger partial charge in [-0.05, 0) is 12.1 Å². The van der Waals surface area contributed by atoms with E-state index in [0.717, 1.165) is 5.69 Å². The smallest absolute Gasteiger partial charge is 0.263 e.